The van der Waals surface area contributed by atoms with E-state index in [-0.39, 0.29) is 0 Å². The lowest BCUT2D eigenvalue weighted by atomic mass is 9.95. The van der Waals surface area contributed by atoms with Gasteiger partial charge in [-0.2, -0.15) is 0 Å². The zero-order valence-electron chi connectivity index (χ0n) is 26.7. The maximum Gasteiger partial charge on any atom is 0.0979 e. The number of aromatic nitrogens is 2. The minimum atomic E-state index is 0.878. The third-order valence-electron chi connectivity index (χ3n) is 10.1. The van der Waals surface area contributed by atoms with Gasteiger partial charge in [0.1, 0.15) is 0 Å². The Hall–Kier alpha value is -5.94. The van der Waals surface area contributed by atoms with Crippen LogP contribution in [0.3, 0.4) is 0 Å². The minimum Gasteiger partial charge on any atom is -0.252 e. The Balaban J connectivity index is 1.13. The van der Waals surface area contributed by atoms with Crippen molar-refractivity contribution in [3.8, 4) is 33.5 Å². The van der Waals surface area contributed by atoms with Gasteiger partial charge in [0.15, 0.2) is 0 Å². The van der Waals surface area contributed by atoms with E-state index in [0.717, 1.165) is 38.6 Å². The molecular weight excluding hydrogens is 645 g/mol. The summed E-state index contributed by atoms with van der Waals surface area (Å²) >= 11 is 3.79. The summed E-state index contributed by atoms with van der Waals surface area (Å²) < 4.78 is 5.28. The smallest absolute Gasteiger partial charge is 0.0979 e. The first-order chi connectivity index (χ1) is 24.8. The van der Waals surface area contributed by atoms with Crippen LogP contribution in [0.4, 0.5) is 0 Å². The topological polar surface area (TPSA) is 25.8 Å². The Labute approximate surface area is 295 Å². The molecule has 50 heavy (non-hydrogen) atoms. The monoisotopic (exact) mass is 670 g/mol. The van der Waals surface area contributed by atoms with Gasteiger partial charge < -0.3 is 0 Å². The van der Waals surface area contributed by atoms with E-state index < -0.39 is 0 Å². The molecule has 0 radical (unpaired) electrons. The van der Waals surface area contributed by atoms with Crippen LogP contribution in [0.2, 0.25) is 0 Å². The highest BCUT2D eigenvalue weighted by Crippen LogP contribution is 2.48. The van der Waals surface area contributed by atoms with Crippen LogP contribution < -0.4 is 0 Å². The Kier molecular flexibility index (Phi) is 6.03. The van der Waals surface area contributed by atoms with Crippen LogP contribution in [-0.2, 0) is 0 Å². The minimum absolute atomic E-state index is 0.878. The lowest BCUT2D eigenvalue weighted by molar-refractivity contribution is 1.31. The standard InChI is InChI=1S/C46H26N2S2/c1-4-15-30(40-26-47-42-32-17-5-2-12-27(32)28-13-3-6-18-33(28)43(42)48-40)29(14-1)34-19-9-22-38-39-24-11-23-37(46(39)50-45(34)38)36-21-10-20-35-31-16-7-8-25-41(31)49-44(35)36/h1-26H. The third kappa shape index (κ3) is 4.01. The molecule has 0 atom stereocenters. The predicted octanol–water partition coefficient (Wildman–Crippen LogP) is 13.7. The van der Waals surface area contributed by atoms with E-state index in [2.05, 4.69) is 152 Å². The lowest BCUT2D eigenvalue weighted by Gasteiger charge is -2.13. The molecular formula is C46H26N2S2. The number of rotatable bonds is 3. The highest BCUT2D eigenvalue weighted by Gasteiger charge is 2.19. The Morgan fingerprint density at radius 2 is 0.760 bits per heavy atom. The number of fused-ring (bicyclic) bond motifs is 12. The second-order valence-corrected chi connectivity index (χ2v) is 14.9. The molecule has 11 aromatic rings. The van der Waals surface area contributed by atoms with Crippen molar-refractivity contribution >= 4 is 95.6 Å². The molecule has 3 aromatic heterocycles. The second kappa shape index (κ2) is 10.8. The van der Waals surface area contributed by atoms with Gasteiger partial charge in [0.05, 0.1) is 22.9 Å². The van der Waals surface area contributed by atoms with Crippen molar-refractivity contribution in [2.75, 3.05) is 0 Å². The molecule has 4 heteroatoms. The predicted molar refractivity (Wildman–Crippen MR) is 217 cm³/mol. The van der Waals surface area contributed by atoms with Gasteiger partial charge in [-0.3, -0.25) is 4.98 Å². The first-order valence-electron chi connectivity index (χ1n) is 16.8. The van der Waals surface area contributed by atoms with Gasteiger partial charge in [0.25, 0.3) is 0 Å². The van der Waals surface area contributed by atoms with Crippen LogP contribution in [0.5, 0.6) is 0 Å². The zero-order chi connectivity index (χ0) is 32.8. The number of nitrogens with zero attached hydrogens (tertiary/aromatic N) is 2. The van der Waals surface area contributed by atoms with Crippen molar-refractivity contribution in [3.63, 3.8) is 0 Å². The van der Waals surface area contributed by atoms with E-state index in [0.29, 0.717) is 0 Å². The lowest BCUT2D eigenvalue weighted by Crippen LogP contribution is -1.93. The van der Waals surface area contributed by atoms with Gasteiger partial charge >= 0.3 is 0 Å². The van der Waals surface area contributed by atoms with Crippen LogP contribution in [-0.4, -0.2) is 9.97 Å². The van der Waals surface area contributed by atoms with Crippen molar-refractivity contribution in [3.05, 3.63) is 158 Å². The summed E-state index contributed by atoms with van der Waals surface area (Å²) in [5.41, 5.74) is 8.81. The molecule has 0 saturated heterocycles. The van der Waals surface area contributed by atoms with Crippen LogP contribution in [0, 0.1) is 0 Å². The van der Waals surface area contributed by atoms with E-state index in [1.807, 2.05) is 28.9 Å². The van der Waals surface area contributed by atoms with E-state index in [1.165, 1.54) is 67.8 Å². The number of hydrogen-bond donors (Lipinski definition) is 0. The molecule has 2 nitrogen and oxygen atoms in total. The normalized spacial score (nSPS) is 12.0. The zero-order valence-corrected chi connectivity index (χ0v) is 28.4. The molecule has 232 valence electrons. The van der Waals surface area contributed by atoms with Gasteiger partial charge in [-0.05, 0) is 22.4 Å². The number of thiophene rings is 2. The quantitative estimate of drug-likeness (QED) is 0.175. The molecule has 0 spiro atoms. The van der Waals surface area contributed by atoms with Crippen molar-refractivity contribution < 1.29 is 0 Å². The van der Waals surface area contributed by atoms with Crippen molar-refractivity contribution in [1.82, 2.24) is 9.97 Å². The van der Waals surface area contributed by atoms with Gasteiger partial charge in [-0.25, -0.2) is 4.98 Å². The molecule has 0 amide bonds. The van der Waals surface area contributed by atoms with Crippen LogP contribution in [0.1, 0.15) is 0 Å². The average Bonchev–Trinajstić information content (AvgIpc) is 3.77. The Morgan fingerprint density at radius 3 is 1.42 bits per heavy atom. The summed E-state index contributed by atoms with van der Waals surface area (Å²) in [7, 11) is 0. The molecule has 0 aliphatic heterocycles. The van der Waals surface area contributed by atoms with Gasteiger partial charge in [-0.1, -0.05) is 146 Å². The fourth-order valence-corrected chi connectivity index (χ4v) is 10.5. The molecule has 0 aliphatic rings. The summed E-state index contributed by atoms with van der Waals surface area (Å²) in [6.45, 7) is 0. The van der Waals surface area contributed by atoms with Crippen molar-refractivity contribution in [2.45, 2.75) is 0 Å². The third-order valence-corrected chi connectivity index (χ3v) is 12.6. The molecule has 0 aliphatic carbocycles. The highest BCUT2D eigenvalue weighted by atomic mass is 32.1. The van der Waals surface area contributed by atoms with E-state index in [4.69, 9.17) is 9.97 Å². The summed E-state index contributed by atoms with van der Waals surface area (Å²) in [6, 6.07) is 54.8. The molecule has 0 N–H and O–H groups in total. The van der Waals surface area contributed by atoms with E-state index >= 15 is 0 Å². The van der Waals surface area contributed by atoms with Gasteiger partial charge in [-0.15, -0.1) is 22.7 Å². The first-order valence-corrected chi connectivity index (χ1v) is 18.5. The summed E-state index contributed by atoms with van der Waals surface area (Å²) in [4.78, 5) is 10.5. The summed E-state index contributed by atoms with van der Waals surface area (Å²) in [6.07, 6.45) is 1.96. The second-order valence-electron chi connectivity index (χ2n) is 12.8. The van der Waals surface area contributed by atoms with E-state index in [1.54, 1.807) is 0 Å². The summed E-state index contributed by atoms with van der Waals surface area (Å²) in [5.74, 6) is 0. The molecule has 11 rings (SSSR count). The van der Waals surface area contributed by atoms with Gasteiger partial charge in [0.2, 0.25) is 0 Å². The molecule has 0 saturated carbocycles. The Morgan fingerprint density at radius 1 is 0.320 bits per heavy atom. The fourth-order valence-electron chi connectivity index (χ4n) is 7.90. The van der Waals surface area contributed by atoms with Crippen LogP contribution in [0.25, 0.3) is 106 Å². The van der Waals surface area contributed by atoms with E-state index in [9.17, 15) is 0 Å². The summed E-state index contributed by atoms with van der Waals surface area (Å²) in [5, 5.41) is 9.90. The van der Waals surface area contributed by atoms with Crippen LogP contribution >= 0.6 is 22.7 Å². The largest absolute Gasteiger partial charge is 0.252 e. The van der Waals surface area contributed by atoms with Crippen molar-refractivity contribution in [2.24, 2.45) is 0 Å². The van der Waals surface area contributed by atoms with Crippen LogP contribution in [0.15, 0.2) is 158 Å². The molecule has 8 aromatic carbocycles. The van der Waals surface area contributed by atoms with Gasteiger partial charge in [0, 0.05) is 73.4 Å². The SMILES string of the molecule is c1ccc(-c2cccc3c2sc2c(-c4cccc5c4sc4ccccc45)cccc23)c(-c2cnc3c4ccccc4c4ccccc4c3n2)c1. The molecule has 0 fully saturated rings. The molecule has 0 bridgehead atoms. The maximum absolute atomic E-state index is 5.38. The molecule has 3 heterocycles. The fraction of sp³-hybridized carbons (Fsp3) is 0. The van der Waals surface area contributed by atoms with Crippen molar-refractivity contribution in [1.29, 1.82) is 0 Å². The average molecular weight is 671 g/mol. The molecule has 0 unspecified atom stereocenters. The number of benzene rings is 8. The highest BCUT2D eigenvalue weighted by molar-refractivity contribution is 7.27. The Bertz CT molecular complexity index is 3130. The number of hydrogen-bond acceptors (Lipinski definition) is 4. The first kappa shape index (κ1) is 28.0. The maximum atomic E-state index is 5.38.